The first-order chi connectivity index (χ1) is 15.4. The minimum atomic E-state index is -0.552. The zero-order valence-corrected chi connectivity index (χ0v) is 19.8. The second kappa shape index (κ2) is 11.8. The number of hydrazine groups is 1. The Morgan fingerprint density at radius 1 is 0.875 bits per heavy atom. The Kier molecular flexibility index (Phi) is 8.79. The van der Waals surface area contributed by atoms with Crippen molar-refractivity contribution < 1.29 is 19.1 Å². The summed E-state index contributed by atoms with van der Waals surface area (Å²) in [5, 5.41) is 0.739. The lowest BCUT2D eigenvalue weighted by Crippen LogP contribution is -2.43. The van der Waals surface area contributed by atoms with Gasteiger partial charge in [-0.2, -0.15) is 0 Å². The molecule has 3 rings (SSSR count). The molecule has 0 saturated heterocycles. The number of amides is 2. The fourth-order valence-electron chi connectivity index (χ4n) is 2.65. The summed E-state index contributed by atoms with van der Waals surface area (Å²) in [7, 11) is 0. The Morgan fingerprint density at radius 3 is 2.34 bits per heavy atom. The van der Waals surface area contributed by atoms with Gasteiger partial charge in [-0.1, -0.05) is 53.5 Å². The van der Waals surface area contributed by atoms with E-state index in [9.17, 15) is 9.59 Å². The molecule has 0 aromatic heterocycles. The van der Waals surface area contributed by atoms with Gasteiger partial charge in [0.15, 0.2) is 6.61 Å². The molecular formula is C23H19BrCl2N2O4. The Hall–Kier alpha value is -2.74. The summed E-state index contributed by atoms with van der Waals surface area (Å²) in [6.45, 7) is 0.168. The predicted molar refractivity (Wildman–Crippen MR) is 127 cm³/mol. The van der Waals surface area contributed by atoms with Crippen LogP contribution in [0.1, 0.15) is 15.9 Å². The van der Waals surface area contributed by atoms with Crippen molar-refractivity contribution in [1.82, 2.24) is 10.9 Å². The van der Waals surface area contributed by atoms with Crippen LogP contribution in [0.3, 0.4) is 0 Å². The average Bonchev–Trinajstić information content (AvgIpc) is 2.78. The van der Waals surface area contributed by atoms with E-state index >= 15 is 0 Å². The molecule has 0 spiro atoms. The number of carbonyl (C=O) groups is 2. The van der Waals surface area contributed by atoms with E-state index in [1.54, 1.807) is 30.3 Å². The molecule has 9 heteroatoms. The van der Waals surface area contributed by atoms with E-state index in [-0.39, 0.29) is 11.6 Å². The molecule has 3 aromatic rings. The third kappa shape index (κ3) is 7.15. The van der Waals surface area contributed by atoms with Gasteiger partial charge in [0.1, 0.15) is 11.5 Å². The quantitative estimate of drug-likeness (QED) is 0.386. The maximum Gasteiger partial charge on any atom is 0.276 e. The SMILES string of the molecule is O=C(COc1ccc(Cl)cc1Cl)NNC(=O)c1ccc(OCCc2ccccc2)c(Br)c1. The molecule has 3 aromatic carbocycles. The molecule has 0 saturated carbocycles. The second-order valence-electron chi connectivity index (χ2n) is 6.59. The molecule has 6 nitrogen and oxygen atoms in total. The lowest BCUT2D eigenvalue weighted by atomic mass is 10.2. The van der Waals surface area contributed by atoms with Crippen molar-refractivity contribution in [2.24, 2.45) is 0 Å². The summed E-state index contributed by atoms with van der Waals surface area (Å²) in [6.07, 6.45) is 0.769. The molecule has 0 bridgehead atoms. The molecule has 0 aliphatic rings. The van der Waals surface area contributed by atoms with Crippen LogP contribution in [0, 0.1) is 0 Å². The van der Waals surface area contributed by atoms with Crippen molar-refractivity contribution in [2.45, 2.75) is 6.42 Å². The van der Waals surface area contributed by atoms with Crippen molar-refractivity contribution in [1.29, 1.82) is 0 Å². The van der Waals surface area contributed by atoms with Crippen LogP contribution in [0.15, 0.2) is 71.2 Å². The number of hydrogen-bond acceptors (Lipinski definition) is 4. The minimum absolute atomic E-state index is 0.283. The topological polar surface area (TPSA) is 76.7 Å². The molecule has 0 radical (unpaired) electrons. The molecule has 0 unspecified atom stereocenters. The predicted octanol–water partition coefficient (Wildman–Crippen LogP) is 5.22. The molecular weight excluding hydrogens is 519 g/mol. The van der Waals surface area contributed by atoms with Crippen LogP contribution >= 0.6 is 39.1 Å². The Morgan fingerprint density at radius 2 is 1.62 bits per heavy atom. The third-order valence-corrected chi connectivity index (χ3v) is 5.40. The molecule has 166 valence electrons. The van der Waals surface area contributed by atoms with Crippen molar-refractivity contribution >= 4 is 50.9 Å². The summed E-state index contributed by atoms with van der Waals surface area (Å²) in [6, 6.07) is 19.6. The first-order valence-corrected chi connectivity index (χ1v) is 11.1. The van der Waals surface area contributed by atoms with E-state index in [2.05, 4.69) is 26.8 Å². The van der Waals surface area contributed by atoms with Crippen LogP contribution in [0.25, 0.3) is 0 Å². The van der Waals surface area contributed by atoms with E-state index in [0.29, 0.717) is 33.2 Å². The van der Waals surface area contributed by atoms with Gasteiger partial charge in [-0.05, 0) is 57.9 Å². The van der Waals surface area contributed by atoms with E-state index in [4.69, 9.17) is 32.7 Å². The van der Waals surface area contributed by atoms with Crippen LogP contribution in [0.5, 0.6) is 11.5 Å². The Labute approximate surface area is 203 Å². The van der Waals surface area contributed by atoms with Gasteiger partial charge in [0.2, 0.25) is 0 Å². The lowest BCUT2D eigenvalue weighted by Gasteiger charge is -2.11. The van der Waals surface area contributed by atoms with Gasteiger partial charge >= 0.3 is 0 Å². The number of ether oxygens (including phenoxy) is 2. The van der Waals surface area contributed by atoms with E-state index in [1.807, 2.05) is 30.3 Å². The first kappa shape index (κ1) is 23.9. The van der Waals surface area contributed by atoms with E-state index in [0.717, 1.165) is 6.42 Å². The summed E-state index contributed by atoms with van der Waals surface area (Å²) >= 11 is 15.2. The molecule has 0 atom stereocenters. The molecule has 0 heterocycles. The largest absolute Gasteiger partial charge is 0.492 e. The van der Waals surface area contributed by atoms with Crippen LogP contribution in [-0.4, -0.2) is 25.0 Å². The van der Waals surface area contributed by atoms with Gasteiger partial charge in [0.05, 0.1) is 16.1 Å². The third-order valence-electron chi connectivity index (χ3n) is 4.25. The number of halogens is 3. The Balaban J connectivity index is 1.45. The monoisotopic (exact) mass is 536 g/mol. The van der Waals surface area contributed by atoms with Gasteiger partial charge < -0.3 is 9.47 Å². The zero-order chi connectivity index (χ0) is 22.9. The zero-order valence-electron chi connectivity index (χ0n) is 16.7. The number of benzene rings is 3. The van der Waals surface area contributed by atoms with Gasteiger partial charge in [0, 0.05) is 17.0 Å². The summed E-state index contributed by atoms with van der Waals surface area (Å²) in [4.78, 5) is 24.3. The number of carbonyl (C=O) groups excluding carboxylic acids is 2. The van der Waals surface area contributed by atoms with Crippen molar-refractivity contribution in [3.05, 3.63) is 92.4 Å². The van der Waals surface area contributed by atoms with Gasteiger partial charge in [-0.25, -0.2) is 0 Å². The lowest BCUT2D eigenvalue weighted by molar-refractivity contribution is -0.123. The van der Waals surface area contributed by atoms with Crippen LogP contribution in [0.2, 0.25) is 10.0 Å². The Bertz CT molecular complexity index is 1100. The maximum atomic E-state index is 12.3. The average molecular weight is 538 g/mol. The highest BCUT2D eigenvalue weighted by Crippen LogP contribution is 2.27. The normalized spacial score (nSPS) is 10.3. The van der Waals surface area contributed by atoms with E-state index < -0.39 is 11.8 Å². The highest BCUT2D eigenvalue weighted by atomic mass is 79.9. The molecule has 0 fully saturated rings. The molecule has 0 aliphatic carbocycles. The molecule has 2 amide bonds. The summed E-state index contributed by atoms with van der Waals surface area (Å²) in [5.41, 5.74) is 6.15. The van der Waals surface area contributed by atoms with Crippen molar-refractivity contribution in [3.8, 4) is 11.5 Å². The van der Waals surface area contributed by atoms with Gasteiger partial charge in [-0.3, -0.25) is 20.4 Å². The first-order valence-electron chi connectivity index (χ1n) is 9.55. The van der Waals surface area contributed by atoms with E-state index in [1.165, 1.54) is 11.6 Å². The van der Waals surface area contributed by atoms with Crippen LogP contribution in [0.4, 0.5) is 0 Å². The number of nitrogens with one attached hydrogen (secondary N) is 2. The maximum absolute atomic E-state index is 12.3. The highest BCUT2D eigenvalue weighted by molar-refractivity contribution is 9.10. The molecule has 2 N–H and O–H groups in total. The smallest absolute Gasteiger partial charge is 0.276 e. The fraction of sp³-hybridized carbons (Fsp3) is 0.130. The number of hydrogen-bond donors (Lipinski definition) is 2. The number of rotatable bonds is 8. The minimum Gasteiger partial charge on any atom is -0.492 e. The highest BCUT2D eigenvalue weighted by Gasteiger charge is 2.12. The van der Waals surface area contributed by atoms with Crippen molar-refractivity contribution in [2.75, 3.05) is 13.2 Å². The van der Waals surface area contributed by atoms with Gasteiger partial charge in [-0.15, -0.1) is 0 Å². The van der Waals surface area contributed by atoms with Crippen LogP contribution < -0.4 is 20.3 Å². The summed E-state index contributed by atoms with van der Waals surface area (Å²) < 4.78 is 11.7. The molecule has 0 aliphatic heterocycles. The van der Waals surface area contributed by atoms with Gasteiger partial charge in [0.25, 0.3) is 11.8 Å². The second-order valence-corrected chi connectivity index (χ2v) is 8.29. The van der Waals surface area contributed by atoms with Crippen LogP contribution in [-0.2, 0) is 11.2 Å². The fourth-order valence-corrected chi connectivity index (χ4v) is 3.61. The summed E-state index contributed by atoms with van der Waals surface area (Å²) in [5.74, 6) is -0.109. The van der Waals surface area contributed by atoms with Crippen molar-refractivity contribution in [3.63, 3.8) is 0 Å². The molecule has 32 heavy (non-hydrogen) atoms. The standard InChI is InChI=1S/C23H19BrCl2N2O4/c24-18-12-16(6-8-20(18)31-11-10-15-4-2-1-3-5-15)23(30)28-27-22(29)14-32-21-9-7-17(25)13-19(21)26/h1-9,12-13H,10-11,14H2,(H,27,29)(H,28,30).